The molecule has 0 aliphatic carbocycles. The zero-order chi connectivity index (χ0) is 16.4. The molecule has 0 spiro atoms. The maximum Gasteiger partial charge on any atom is 0.283 e. The highest BCUT2D eigenvalue weighted by Gasteiger charge is 2.11. The molecule has 2 heterocycles. The Morgan fingerprint density at radius 1 is 0.917 bits per heavy atom. The van der Waals surface area contributed by atoms with Gasteiger partial charge in [0.05, 0.1) is 12.5 Å². The van der Waals surface area contributed by atoms with E-state index in [-0.39, 0.29) is 0 Å². The maximum atomic E-state index is 5.82. The Morgan fingerprint density at radius 3 is 2.46 bits per heavy atom. The van der Waals surface area contributed by atoms with Crippen molar-refractivity contribution >= 4 is 11.0 Å². The van der Waals surface area contributed by atoms with Gasteiger partial charge in [-0.1, -0.05) is 49.4 Å². The van der Waals surface area contributed by atoms with E-state index >= 15 is 0 Å². The summed E-state index contributed by atoms with van der Waals surface area (Å²) in [6, 6.07) is 20.3. The van der Waals surface area contributed by atoms with E-state index in [2.05, 4.69) is 53.5 Å². The van der Waals surface area contributed by atoms with E-state index in [1.54, 1.807) is 12.5 Å². The molecule has 0 saturated heterocycles. The average Bonchev–Trinajstić information content (AvgIpc) is 3.12. The predicted octanol–water partition coefficient (Wildman–Crippen LogP) is 5.17. The fourth-order valence-electron chi connectivity index (χ4n) is 2.72. The van der Waals surface area contributed by atoms with E-state index in [4.69, 9.17) is 9.15 Å². The summed E-state index contributed by atoms with van der Waals surface area (Å²) in [4.78, 5) is 0. The Morgan fingerprint density at radius 2 is 1.67 bits per heavy atom. The van der Waals surface area contributed by atoms with Gasteiger partial charge >= 0.3 is 0 Å². The first-order valence-electron chi connectivity index (χ1n) is 7.83. The molecule has 4 heteroatoms. The quantitative estimate of drug-likeness (QED) is 0.521. The molecular weight excluding hydrogens is 300 g/mol. The highest BCUT2D eigenvalue weighted by molar-refractivity contribution is 5.80. The average molecular weight is 316 g/mol. The second-order valence-electron chi connectivity index (χ2n) is 5.66. The van der Waals surface area contributed by atoms with Crippen LogP contribution in [0, 0.1) is 0 Å². The first-order valence-corrected chi connectivity index (χ1v) is 7.83. The van der Waals surface area contributed by atoms with Gasteiger partial charge in [0, 0.05) is 11.3 Å². The number of hydrogen-bond acceptors (Lipinski definition) is 4. The molecule has 0 N–H and O–H groups in total. The minimum absolute atomic E-state index is 0.327. The van der Waals surface area contributed by atoms with Crippen LogP contribution in [0.15, 0.2) is 77.5 Å². The highest BCUT2D eigenvalue weighted by Crippen LogP contribution is 2.30. The third kappa shape index (κ3) is 2.74. The van der Waals surface area contributed by atoms with Gasteiger partial charge in [-0.05, 0) is 29.3 Å². The molecule has 2 aromatic carbocycles. The van der Waals surface area contributed by atoms with Gasteiger partial charge in [-0.25, -0.2) is 0 Å². The lowest BCUT2D eigenvalue weighted by Crippen LogP contribution is -1.96. The van der Waals surface area contributed by atoms with E-state index in [1.807, 2.05) is 24.3 Å². The number of fused-ring (bicyclic) bond motifs is 1. The molecule has 4 aromatic rings. The molecule has 0 amide bonds. The van der Waals surface area contributed by atoms with Crippen LogP contribution in [-0.2, 0) is 0 Å². The number of aromatic nitrogens is 2. The number of rotatable bonds is 4. The van der Waals surface area contributed by atoms with Crippen molar-refractivity contribution in [3.8, 4) is 11.6 Å². The molecule has 0 radical (unpaired) electrons. The summed E-state index contributed by atoms with van der Waals surface area (Å²) in [6.07, 6.45) is 3.25. The Bertz CT molecular complexity index is 946. The van der Waals surface area contributed by atoms with Crippen molar-refractivity contribution in [1.82, 2.24) is 10.2 Å². The molecule has 118 valence electrons. The molecule has 1 atom stereocenters. The smallest absolute Gasteiger partial charge is 0.283 e. The van der Waals surface area contributed by atoms with Crippen molar-refractivity contribution in [2.24, 2.45) is 0 Å². The van der Waals surface area contributed by atoms with Gasteiger partial charge in [-0.15, -0.1) is 5.10 Å². The van der Waals surface area contributed by atoms with Crippen molar-refractivity contribution < 1.29 is 9.15 Å². The summed E-state index contributed by atoms with van der Waals surface area (Å²) in [5, 5.41) is 8.81. The van der Waals surface area contributed by atoms with E-state index in [9.17, 15) is 0 Å². The van der Waals surface area contributed by atoms with Gasteiger partial charge in [0.15, 0.2) is 5.58 Å². The van der Waals surface area contributed by atoms with Crippen LogP contribution in [0.1, 0.15) is 24.0 Å². The van der Waals surface area contributed by atoms with Gasteiger partial charge < -0.3 is 9.15 Å². The molecule has 0 aliphatic rings. The lowest BCUT2D eigenvalue weighted by atomic mass is 9.93. The number of ether oxygens (including phenoxy) is 1. The predicted molar refractivity (Wildman–Crippen MR) is 92.3 cm³/mol. The monoisotopic (exact) mass is 316 g/mol. The first kappa shape index (κ1) is 14.5. The van der Waals surface area contributed by atoms with E-state index < -0.39 is 0 Å². The molecule has 0 bridgehead atoms. The van der Waals surface area contributed by atoms with Crippen molar-refractivity contribution in [3.05, 3.63) is 84.3 Å². The van der Waals surface area contributed by atoms with Crippen LogP contribution in [0.3, 0.4) is 0 Å². The molecule has 0 fully saturated rings. The third-order valence-electron chi connectivity index (χ3n) is 4.13. The van der Waals surface area contributed by atoms with Crippen molar-refractivity contribution in [1.29, 1.82) is 0 Å². The largest absolute Gasteiger partial charge is 0.458 e. The molecule has 1 unspecified atom stereocenters. The summed E-state index contributed by atoms with van der Waals surface area (Å²) in [5.41, 5.74) is 3.12. The Kier molecular flexibility index (Phi) is 3.71. The zero-order valence-electron chi connectivity index (χ0n) is 13.2. The Hall–Kier alpha value is -3.14. The molecule has 24 heavy (non-hydrogen) atoms. The maximum absolute atomic E-state index is 5.82. The highest BCUT2D eigenvalue weighted by atomic mass is 16.5. The number of furan rings is 1. The molecule has 4 rings (SSSR count). The third-order valence-corrected chi connectivity index (χ3v) is 4.13. The molecule has 0 aliphatic heterocycles. The van der Waals surface area contributed by atoms with Crippen molar-refractivity contribution in [2.45, 2.75) is 12.8 Å². The van der Waals surface area contributed by atoms with Crippen molar-refractivity contribution in [3.63, 3.8) is 0 Å². The van der Waals surface area contributed by atoms with E-state index in [1.165, 1.54) is 11.1 Å². The van der Waals surface area contributed by atoms with Crippen LogP contribution in [0.5, 0.6) is 11.6 Å². The van der Waals surface area contributed by atoms with Crippen LogP contribution in [-0.4, -0.2) is 10.2 Å². The lowest BCUT2D eigenvalue weighted by molar-refractivity contribution is 0.447. The normalized spacial score (nSPS) is 12.2. The number of benzene rings is 2. The van der Waals surface area contributed by atoms with Gasteiger partial charge in [0.1, 0.15) is 5.75 Å². The second-order valence-corrected chi connectivity index (χ2v) is 5.66. The number of hydrogen-bond donors (Lipinski definition) is 0. The molecule has 0 saturated carbocycles. The van der Waals surface area contributed by atoms with Gasteiger partial charge in [-0.3, -0.25) is 0 Å². The van der Waals surface area contributed by atoms with Crippen LogP contribution in [0.25, 0.3) is 11.0 Å². The van der Waals surface area contributed by atoms with Crippen molar-refractivity contribution in [2.75, 3.05) is 0 Å². The van der Waals surface area contributed by atoms with Crippen LogP contribution >= 0.6 is 0 Å². The molecule has 4 nitrogen and oxygen atoms in total. The van der Waals surface area contributed by atoms with Gasteiger partial charge in [-0.2, -0.15) is 5.10 Å². The minimum Gasteiger partial charge on any atom is -0.458 e. The van der Waals surface area contributed by atoms with E-state index in [0.29, 0.717) is 23.1 Å². The fourth-order valence-corrected chi connectivity index (χ4v) is 2.72. The summed E-state index contributed by atoms with van der Waals surface area (Å²) >= 11 is 0. The zero-order valence-corrected chi connectivity index (χ0v) is 13.2. The minimum atomic E-state index is 0.327. The van der Waals surface area contributed by atoms with Crippen LogP contribution in [0.4, 0.5) is 0 Å². The summed E-state index contributed by atoms with van der Waals surface area (Å²) in [7, 11) is 0. The summed E-state index contributed by atoms with van der Waals surface area (Å²) in [5.74, 6) is 1.41. The van der Waals surface area contributed by atoms with Crippen LogP contribution < -0.4 is 4.74 Å². The molecule has 2 aromatic heterocycles. The van der Waals surface area contributed by atoms with Crippen LogP contribution in [0.2, 0.25) is 0 Å². The van der Waals surface area contributed by atoms with E-state index in [0.717, 1.165) is 5.39 Å². The summed E-state index contributed by atoms with van der Waals surface area (Å²) in [6.45, 7) is 2.19. The Labute approximate surface area is 139 Å². The Balaban J connectivity index is 1.57. The second kappa shape index (κ2) is 6.16. The fraction of sp³-hybridized carbons (Fsp3) is 0.100. The molecular formula is C20H16N2O2. The first-order chi connectivity index (χ1) is 11.8. The number of nitrogens with zero attached hydrogens (tertiary/aromatic N) is 2. The standard InChI is InChI=1S/C20H16N2O2/c1-14(15-5-3-2-4-6-15)16-7-9-18(10-8-16)24-20-19-17(11-12-23-19)13-21-22-20/h2-14H,1H3. The topological polar surface area (TPSA) is 48.2 Å². The summed E-state index contributed by atoms with van der Waals surface area (Å²) < 4.78 is 11.2. The SMILES string of the molecule is CC(c1ccccc1)c1ccc(Oc2nncc3ccoc23)cc1. The van der Waals surface area contributed by atoms with Gasteiger partial charge in [0.25, 0.3) is 5.88 Å². The van der Waals surface area contributed by atoms with Gasteiger partial charge in [0.2, 0.25) is 0 Å². The lowest BCUT2D eigenvalue weighted by Gasteiger charge is -2.13.